The van der Waals surface area contributed by atoms with Crippen molar-refractivity contribution in [2.75, 3.05) is 31.1 Å². The molecule has 1 saturated heterocycles. The van der Waals surface area contributed by atoms with Gasteiger partial charge in [-0.3, -0.25) is 9.78 Å². The molecule has 2 aromatic carbocycles. The number of amides is 1. The number of halogens is 1. The summed E-state index contributed by atoms with van der Waals surface area (Å²) in [6.07, 6.45) is 4.21. The lowest BCUT2D eigenvalue weighted by Crippen LogP contribution is -2.50. The summed E-state index contributed by atoms with van der Waals surface area (Å²) in [5, 5.41) is 0. The quantitative estimate of drug-likeness (QED) is 0.664. The van der Waals surface area contributed by atoms with Gasteiger partial charge in [-0.2, -0.15) is 0 Å². The Balaban J connectivity index is 1.47. The van der Waals surface area contributed by atoms with E-state index >= 15 is 0 Å². The van der Waals surface area contributed by atoms with E-state index < -0.39 is 0 Å². The summed E-state index contributed by atoms with van der Waals surface area (Å²) in [5.74, 6) is -0.305. The van der Waals surface area contributed by atoms with Crippen LogP contribution in [0.25, 0.3) is 0 Å². The third-order valence-corrected chi connectivity index (χ3v) is 5.45. The second kappa shape index (κ2) is 8.86. The smallest absolute Gasteiger partial charge is 0.230 e. The molecule has 0 bridgehead atoms. The van der Waals surface area contributed by atoms with Gasteiger partial charge in [0.05, 0.1) is 5.92 Å². The third kappa shape index (κ3) is 4.62. The van der Waals surface area contributed by atoms with Crippen LogP contribution in [0.1, 0.15) is 17.0 Å². The molecule has 0 spiro atoms. The highest BCUT2D eigenvalue weighted by molar-refractivity contribution is 5.84. The van der Waals surface area contributed by atoms with Gasteiger partial charge in [0.1, 0.15) is 5.82 Å². The van der Waals surface area contributed by atoms with Gasteiger partial charge in [0, 0.05) is 44.3 Å². The molecule has 1 unspecified atom stereocenters. The number of hydrogen-bond donors (Lipinski definition) is 0. The maximum absolute atomic E-state index is 13.4. The van der Waals surface area contributed by atoms with Gasteiger partial charge in [0.2, 0.25) is 5.91 Å². The minimum absolute atomic E-state index is 0.152. The second-order valence-electron chi connectivity index (χ2n) is 7.32. The molecule has 1 amide bonds. The fourth-order valence-corrected chi connectivity index (χ4v) is 3.84. The van der Waals surface area contributed by atoms with Crippen molar-refractivity contribution in [3.05, 3.63) is 96.1 Å². The number of carbonyl (C=O) groups is 1. The molecule has 1 fully saturated rings. The Labute approximate surface area is 170 Å². The van der Waals surface area contributed by atoms with E-state index in [9.17, 15) is 9.18 Å². The first-order valence-corrected chi connectivity index (χ1v) is 9.94. The number of benzene rings is 2. The van der Waals surface area contributed by atoms with Crippen LogP contribution < -0.4 is 4.90 Å². The topological polar surface area (TPSA) is 36.4 Å². The van der Waals surface area contributed by atoms with Crippen molar-refractivity contribution in [1.82, 2.24) is 9.88 Å². The van der Waals surface area contributed by atoms with Crippen molar-refractivity contribution in [2.24, 2.45) is 0 Å². The summed E-state index contributed by atoms with van der Waals surface area (Å²) in [6.45, 7) is 2.80. The van der Waals surface area contributed by atoms with Crippen LogP contribution in [0.15, 0.2) is 79.1 Å². The zero-order chi connectivity index (χ0) is 20.1. The van der Waals surface area contributed by atoms with E-state index in [1.807, 2.05) is 53.6 Å². The zero-order valence-corrected chi connectivity index (χ0v) is 16.2. The number of anilines is 1. The van der Waals surface area contributed by atoms with E-state index in [0.29, 0.717) is 19.5 Å². The summed E-state index contributed by atoms with van der Waals surface area (Å²) < 4.78 is 13.2. The van der Waals surface area contributed by atoms with Gasteiger partial charge in [-0.1, -0.05) is 36.4 Å². The second-order valence-corrected chi connectivity index (χ2v) is 7.32. The van der Waals surface area contributed by atoms with E-state index in [1.165, 1.54) is 12.1 Å². The van der Waals surface area contributed by atoms with Gasteiger partial charge in [0.15, 0.2) is 0 Å². The first-order valence-electron chi connectivity index (χ1n) is 9.94. The molecule has 3 aromatic rings. The summed E-state index contributed by atoms with van der Waals surface area (Å²) in [5.41, 5.74) is 3.08. The Bertz CT molecular complexity index is 923. The molecule has 1 aliphatic rings. The maximum atomic E-state index is 13.4. The SMILES string of the molecule is O=C(C(Cc1cccnc1)c1ccccc1)N1CCN(c2ccc(F)cc2)CC1. The van der Waals surface area contributed by atoms with Crippen molar-refractivity contribution in [3.8, 4) is 0 Å². The Morgan fingerprint density at radius 3 is 2.31 bits per heavy atom. The van der Waals surface area contributed by atoms with Crippen molar-refractivity contribution in [2.45, 2.75) is 12.3 Å². The van der Waals surface area contributed by atoms with Gasteiger partial charge >= 0.3 is 0 Å². The van der Waals surface area contributed by atoms with Crippen LogP contribution in [0.5, 0.6) is 0 Å². The minimum Gasteiger partial charge on any atom is -0.368 e. The van der Waals surface area contributed by atoms with Crippen molar-refractivity contribution >= 4 is 11.6 Å². The average molecular weight is 389 g/mol. The van der Waals surface area contributed by atoms with E-state index in [2.05, 4.69) is 9.88 Å². The summed E-state index contributed by atoms with van der Waals surface area (Å²) in [7, 11) is 0. The van der Waals surface area contributed by atoms with Crippen LogP contribution in [0.3, 0.4) is 0 Å². The van der Waals surface area contributed by atoms with Crippen LogP contribution >= 0.6 is 0 Å². The normalized spacial score (nSPS) is 15.2. The predicted octanol–water partition coefficient (Wildman–Crippen LogP) is 3.90. The van der Waals surface area contributed by atoms with Crippen molar-refractivity contribution in [1.29, 1.82) is 0 Å². The lowest BCUT2D eigenvalue weighted by Gasteiger charge is -2.37. The number of rotatable bonds is 5. The Kier molecular flexibility index (Phi) is 5.84. The molecule has 0 radical (unpaired) electrons. The summed E-state index contributed by atoms with van der Waals surface area (Å²) in [4.78, 5) is 21.8. The molecule has 29 heavy (non-hydrogen) atoms. The first-order chi connectivity index (χ1) is 14.2. The molecule has 0 aliphatic carbocycles. The lowest BCUT2D eigenvalue weighted by atomic mass is 9.91. The zero-order valence-electron chi connectivity index (χ0n) is 16.2. The first kappa shape index (κ1) is 19.1. The summed E-state index contributed by atoms with van der Waals surface area (Å²) in [6, 6.07) is 20.4. The van der Waals surface area contributed by atoms with Crippen LogP contribution in [0.2, 0.25) is 0 Å². The van der Waals surface area contributed by atoms with Crippen LogP contribution in [-0.4, -0.2) is 42.0 Å². The molecule has 1 aliphatic heterocycles. The van der Waals surface area contributed by atoms with E-state index in [0.717, 1.165) is 29.9 Å². The highest BCUT2D eigenvalue weighted by Gasteiger charge is 2.29. The van der Waals surface area contributed by atoms with Crippen molar-refractivity contribution in [3.63, 3.8) is 0 Å². The fraction of sp³-hybridized carbons (Fsp3) is 0.250. The third-order valence-electron chi connectivity index (χ3n) is 5.45. The molecule has 1 atom stereocenters. The number of pyridine rings is 1. The van der Waals surface area contributed by atoms with E-state index in [-0.39, 0.29) is 17.6 Å². The average Bonchev–Trinajstić information content (AvgIpc) is 2.79. The Hall–Kier alpha value is -3.21. The molecule has 1 aromatic heterocycles. The van der Waals surface area contributed by atoms with Gasteiger partial charge < -0.3 is 9.80 Å². The Morgan fingerprint density at radius 1 is 0.931 bits per heavy atom. The largest absolute Gasteiger partial charge is 0.368 e. The highest BCUT2D eigenvalue weighted by atomic mass is 19.1. The molecule has 4 nitrogen and oxygen atoms in total. The van der Waals surface area contributed by atoms with Crippen LogP contribution in [-0.2, 0) is 11.2 Å². The van der Waals surface area contributed by atoms with E-state index in [4.69, 9.17) is 0 Å². The van der Waals surface area contributed by atoms with Gasteiger partial charge in [-0.25, -0.2) is 4.39 Å². The van der Waals surface area contributed by atoms with Gasteiger partial charge in [-0.05, 0) is 47.9 Å². The monoisotopic (exact) mass is 389 g/mol. The summed E-state index contributed by atoms with van der Waals surface area (Å²) >= 11 is 0. The number of carbonyl (C=O) groups excluding carboxylic acids is 1. The standard InChI is InChI=1S/C24H24FN3O/c25-21-8-10-22(11-9-21)27-13-15-28(16-14-27)24(29)23(20-6-2-1-3-7-20)17-19-5-4-12-26-18-19/h1-12,18,23H,13-17H2. The number of hydrogen-bond acceptors (Lipinski definition) is 3. The molecule has 2 heterocycles. The molecule has 4 rings (SSSR count). The van der Waals surface area contributed by atoms with Gasteiger partial charge in [-0.15, -0.1) is 0 Å². The van der Waals surface area contributed by atoms with Crippen molar-refractivity contribution < 1.29 is 9.18 Å². The number of nitrogens with zero attached hydrogens (tertiary/aromatic N) is 3. The lowest BCUT2D eigenvalue weighted by molar-refractivity contribution is -0.133. The van der Waals surface area contributed by atoms with Crippen LogP contribution in [0.4, 0.5) is 10.1 Å². The van der Waals surface area contributed by atoms with Crippen LogP contribution in [0, 0.1) is 5.82 Å². The number of piperazine rings is 1. The molecule has 0 N–H and O–H groups in total. The predicted molar refractivity (Wildman–Crippen MR) is 112 cm³/mol. The molecule has 148 valence electrons. The maximum Gasteiger partial charge on any atom is 0.230 e. The fourth-order valence-electron chi connectivity index (χ4n) is 3.84. The minimum atomic E-state index is -0.233. The van der Waals surface area contributed by atoms with Gasteiger partial charge in [0.25, 0.3) is 0 Å². The molecule has 0 saturated carbocycles. The molecular weight excluding hydrogens is 365 g/mol. The highest BCUT2D eigenvalue weighted by Crippen LogP contribution is 2.25. The molecular formula is C24H24FN3O. The Morgan fingerprint density at radius 2 is 1.66 bits per heavy atom. The molecule has 5 heteroatoms. The number of aromatic nitrogens is 1. The van der Waals surface area contributed by atoms with E-state index in [1.54, 1.807) is 18.3 Å².